The van der Waals surface area contributed by atoms with E-state index >= 15 is 0 Å². The molecule has 0 unspecified atom stereocenters. The molecule has 0 aliphatic rings. The Balaban J connectivity index is 1.88. The minimum atomic E-state index is -0.137. The van der Waals surface area contributed by atoms with E-state index in [-0.39, 0.29) is 11.9 Å². The zero-order chi connectivity index (χ0) is 16.2. The maximum atomic E-state index is 12.7. The van der Waals surface area contributed by atoms with Crippen LogP contribution < -0.4 is 5.32 Å². The monoisotopic (exact) mass is 310 g/mol. The third-order valence-electron chi connectivity index (χ3n) is 3.78. The number of para-hydroxylation sites is 1. The van der Waals surface area contributed by atoms with Crippen LogP contribution in [0.25, 0.3) is 5.69 Å². The number of amides is 1. The number of carbonyl (C=O) groups is 1. The molecule has 0 saturated heterocycles. The highest BCUT2D eigenvalue weighted by Gasteiger charge is 2.19. The maximum absolute atomic E-state index is 12.7. The Morgan fingerprint density at radius 2 is 1.96 bits per heavy atom. The minimum Gasteiger partial charge on any atom is -0.344 e. The van der Waals surface area contributed by atoms with Gasteiger partial charge in [0.05, 0.1) is 23.0 Å². The molecule has 3 aromatic rings. The number of hydrogen-bond donors (Lipinski definition) is 1. The first-order valence-electron chi connectivity index (χ1n) is 7.43. The first-order valence-corrected chi connectivity index (χ1v) is 7.43. The molecule has 1 aromatic carbocycles. The van der Waals surface area contributed by atoms with Gasteiger partial charge in [-0.25, -0.2) is 0 Å². The van der Waals surface area contributed by atoms with Crippen LogP contribution in [0.5, 0.6) is 0 Å². The summed E-state index contributed by atoms with van der Waals surface area (Å²) < 4.78 is 3.50. The summed E-state index contributed by atoms with van der Waals surface area (Å²) >= 11 is 0. The molecule has 1 atom stereocenters. The normalized spacial score (nSPS) is 12.1. The van der Waals surface area contributed by atoms with Crippen molar-refractivity contribution in [3.8, 4) is 5.69 Å². The molecule has 1 amide bonds. The van der Waals surface area contributed by atoms with Crippen LogP contribution >= 0.6 is 0 Å². The van der Waals surface area contributed by atoms with Crippen LogP contribution in [-0.2, 0) is 7.05 Å². The second-order valence-corrected chi connectivity index (χ2v) is 5.20. The van der Waals surface area contributed by atoms with E-state index in [9.17, 15) is 4.79 Å². The molecule has 7 heteroatoms. The topological polar surface area (TPSA) is 77.6 Å². The van der Waals surface area contributed by atoms with Crippen molar-refractivity contribution < 1.29 is 4.79 Å². The summed E-state index contributed by atoms with van der Waals surface area (Å²) in [6.07, 6.45) is 5.66. The Kier molecular flexibility index (Phi) is 4.18. The summed E-state index contributed by atoms with van der Waals surface area (Å²) in [5.74, 6) is -0.137. The molecule has 2 heterocycles. The molecule has 23 heavy (non-hydrogen) atoms. The molecule has 1 N–H and O–H groups in total. The Morgan fingerprint density at radius 1 is 1.22 bits per heavy atom. The van der Waals surface area contributed by atoms with E-state index in [0.717, 1.165) is 17.8 Å². The zero-order valence-corrected chi connectivity index (χ0v) is 13.0. The van der Waals surface area contributed by atoms with Gasteiger partial charge >= 0.3 is 0 Å². The van der Waals surface area contributed by atoms with Crippen LogP contribution in [0, 0.1) is 0 Å². The number of aryl methyl sites for hydroxylation is 1. The Labute approximate surface area is 134 Å². The molecule has 0 aliphatic carbocycles. The predicted octanol–water partition coefficient (Wildman–Crippen LogP) is 1.88. The maximum Gasteiger partial charge on any atom is 0.253 e. The van der Waals surface area contributed by atoms with Crippen molar-refractivity contribution >= 4 is 5.91 Å². The largest absolute Gasteiger partial charge is 0.344 e. The van der Waals surface area contributed by atoms with E-state index in [0.29, 0.717) is 5.56 Å². The van der Waals surface area contributed by atoms with Crippen molar-refractivity contribution in [1.82, 2.24) is 29.9 Å². The van der Waals surface area contributed by atoms with Crippen molar-refractivity contribution in [1.29, 1.82) is 0 Å². The van der Waals surface area contributed by atoms with E-state index in [1.165, 1.54) is 0 Å². The van der Waals surface area contributed by atoms with Crippen LogP contribution in [0.15, 0.2) is 49.2 Å². The summed E-state index contributed by atoms with van der Waals surface area (Å²) in [5.41, 5.74) is 2.30. The third kappa shape index (κ3) is 2.98. The highest BCUT2D eigenvalue weighted by molar-refractivity contribution is 5.98. The van der Waals surface area contributed by atoms with Gasteiger partial charge in [0.2, 0.25) is 0 Å². The van der Waals surface area contributed by atoms with Crippen LogP contribution in [0.3, 0.4) is 0 Å². The first kappa shape index (κ1) is 15.0. The van der Waals surface area contributed by atoms with Crippen LogP contribution in [0.4, 0.5) is 0 Å². The van der Waals surface area contributed by atoms with Crippen LogP contribution in [0.1, 0.15) is 35.4 Å². The van der Waals surface area contributed by atoms with Crippen molar-refractivity contribution in [2.24, 2.45) is 7.05 Å². The molecule has 0 radical (unpaired) electrons. The number of benzene rings is 1. The summed E-state index contributed by atoms with van der Waals surface area (Å²) in [4.78, 5) is 12.7. The van der Waals surface area contributed by atoms with Gasteiger partial charge in [0, 0.05) is 13.2 Å². The van der Waals surface area contributed by atoms with Gasteiger partial charge in [-0.15, -0.1) is 10.2 Å². The molecule has 0 aliphatic heterocycles. The van der Waals surface area contributed by atoms with Gasteiger partial charge in [-0.1, -0.05) is 19.1 Å². The Hall–Kier alpha value is -2.96. The fourth-order valence-corrected chi connectivity index (χ4v) is 2.56. The van der Waals surface area contributed by atoms with Gasteiger partial charge in [0.25, 0.3) is 5.91 Å². The second-order valence-electron chi connectivity index (χ2n) is 5.20. The lowest BCUT2D eigenvalue weighted by molar-refractivity contribution is 0.0934. The lowest BCUT2D eigenvalue weighted by atomic mass is 10.1. The number of nitrogens with one attached hydrogen (secondary N) is 1. The van der Waals surface area contributed by atoms with Gasteiger partial charge in [0.15, 0.2) is 0 Å². The lowest BCUT2D eigenvalue weighted by Gasteiger charge is -2.18. The van der Waals surface area contributed by atoms with Crippen molar-refractivity contribution in [3.05, 3.63) is 60.4 Å². The van der Waals surface area contributed by atoms with Crippen molar-refractivity contribution in [2.75, 3.05) is 0 Å². The smallest absolute Gasteiger partial charge is 0.253 e. The van der Waals surface area contributed by atoms with E-state index in [2.05, 4.69) is 20.6 Å². The van der Waals surface area contributed by atoms with E-state index in [1.807, 2.05) is 38.2 Å². The molecule has 7 nitrogen and oxygen atoms in total. The summed E-state index contributed by atoms with van der Waals surface area (Å²) in [7, 11) is 1.87. The summed E-state index contributed by atoms with van der Waals surface area (Å²) in [6.45, 7) is 2.03. The van der Waals surface area contributed by atoms with E-state index < -0.39 is 0 Å². The van der Waals surface area contributed by atoms with Gasteiger partial charge in [-0.05, 0) is 24.6 Å². The highest BCUT2D eigenvalue weighted by atomic mass is 16.1. The fraction of sp³-hybridized carbons (Fsp3) is 0.250. The van der Waals surface area contributed by atoms with Crippen molar-refractivity contribution in [3.63, 3.8) is 0 Å². The van der Waals surface area contributed by atoms with Crippen LogP contribution in [-0.4, -0.2) is 30.5 Å². The van der Waals surface area contributed by atoms with E-state index in [4.69, 9.17) is 0 Å². The summed E-state index contributed by atoms with van der Waals surface area (Å²) in [6, 6.07) is 9.20. The van der Waals surface area contributed by atoms with Gasteiger partial charge in [-0.2, -0.15) is 5.10 Å². The number of carbonyl (C=O) groups excluding carboxylic acids is 1. The minimum absolute atomic E-state index is 0.0935. The lowest BCUT2D eigenvalue weighted by Crippen LogP contribution is -2.30. The third-order valence-corrected chi connectivity index (χ3v) is 3.78. The first-order chi connectivity index (χ1) is 11.2. The SMILES string of the molecule is CC[C@H](NC(=O)c1ccccc1-n1cnnc1)c1ccnn1C. The zero-order valence-electron chi connectivity index (χ0n) is 13.0. The molecule has 2 aromatic heterocycles. The Bertz CT molecular complexity index is 793. The molecule has 0 saturated carbocycles. The molecule has 0 spiro atoms. The molecular formula is C16H18N6O. The molecular weight excluding hydrogens is 292 g/mol. The molecule has 118 valence electrons. The van der Waals surface area contributed by atoms with Crippen molar-refractivity contribution in [2.45, 2.75) is 19.4 Å². The fourth-order valence-electron chi connectivity index (χ4n) is 2.56. The summed E-state index contributed by atoms with van der Waals surface area (Å²) in [5, 5.41) is 14.8. The molecule has 3 rings (SSSR count). The van der Waals surface area contributed by atoms with Crippen LogP contribution in [0.2, 0.25) is 0 Å². The number of aromatic nitrogens is 5. The number of nitrogens with zero attached hydrogens (tertiary/aromatic N) is 5. The predicted molar refractivity (Wildman–Crippen MR) is 85.1 cm³/mol. The standard InChI is InChI=1S/C16H18N6O/c1-3-13(15-8-9-19-21(15)2)20-16(23)12-6-4-5-7-14(12)22-10-17-18-11-22/h4-11,13H,3H2,1-2H3,(H,20,23)/t13-/m0/s1. The Morgan fingerprint density at radius 3 is 2.61 bits per heavy atom. The quantitative estimate of drug-likeness (QED) is 0.780. The second kappa shape index (κ2) is 6.43. The molecule has 0 bridgehead atoms. The average molecular weight is 310 g/mol. The number of rotatable bonds is 5. The van der Waals surface area contributed by atoms with Gasteiger partial charge in [0.1, 0.15) is 12.7 Å². The average Bonchev–Trinajstić information content (AvgIpc) is 3.24. The van der Waals surface area contributed by atoms with E-state index in [1.54, 1.807) is 34.2 Å². The van der Waals surface area contributed by atoms with Gasteiger partial charge < -0.3 is 5.32 Å². The highest BCUT2D eigenvalue weighted by Crippen LogP contribution is 2.18. The molecule has 0 fully saturated rings. The number of hydrogen-bond acceptors (Lipinski definition) is 4. The van der Waals surface area contributed by atoms with Gasteiger partial charge in [-0.3, -0.25) is 14.0 Å².